The largest absolute Gasteiger partial charge is 0.444 e. The number of carbonyl (C=O) groups excluding carboxylic acids is 1. The lowest BCUT2D eigenvalue weighted by molar-refractivity contribution is 0.0210. The highest BCUT2D eigenvalue weighted by molar-refractivity contribution is 7.90. The van der Waals surface area contributed by atoms with Crippen molar-refractivity contribution < 1.29 is 22.7 Å². The number of hydrogen-bond acceptors (Lipinski definition) is 7. The molecule has 1 aliphatic rings. The minimum Gasteiger partial charge on any atom is -0.444 e. The third-order valence-corrected chi connectivity index (χ3v) is 4.67. The van der Waals surface area contributed by atoms with Crippen molar-refractivity contribution >= 4 is 27.3 Å². The maximum Gasteiger partial charge on any atom is 0.410 e. The molecule has 0 spiro atoms. The maximum absolute atomic E-state index is 12.1. The average Bonchev–Trinajstić information content (AvgIpc) is 2.58. The number of rotatable bonds is 7. The van der Waals surface area contributed by atoms with Crippen LogP contribution in [0.5, 0.6) is 0 Å². The summed E-state index contributed by atoms with van der Waals surface area (Å²) in [7, 11) is -3.12. The van der Waals surface area contributed by atoms with Crippen LogP contribution in [0.2, 0.25) is 0 Å². The van der Waals surface area contributed by atoms with Gasteiger partial charge in [-0.3, -0.25) is 0 Å². The van der Waals surface area contributed by atoms with Gasteiger partial charge < -0.3 is 25.0 Å². The molecule has 1 aliphatic heterocycles. The van der Waals surface area contributed by atoms with Gasteiger partial charge in [0.05, 0.1) is 0 Å². The molecule has 2 N–H and O–H groups in total. The summed E-state index contributed by atoms with van der Waals surface area (Å²) >= 11 is 0. The SMILES string of the molecule is CC(C)(C)OC(=O)N1CCC(Nc2ccc(NCOCS(C)(=O)=O)cc2)CC1. The monoisotopic (exact) mass is 413 g/mol. The zero-order valence-corrected chi connectivity index (χ0v) is 17.8. The lowest BCUT2D eigenvalue weighted by atomic mass is 10.0. The molecule has 1 saturated heterocycles. The van der Waals surface area contributed by atoms with Crippen molar-refractivity contribution in [2.75, 3.05) is 42.6 Å². The van der Waals surface area contributed by atoms with Crippen molar-refractivity contribution in [3.05, 3.63) is 24.3 Å². The van der Waals surface area contributed by atoms with Crippen LogP contribution in [0.15, 0.2) is 24.3 Å². The number of sulfone groups is 1. The molecule has 0 atom stereocenters. The van der Waals surface area contributed by atoms with Gasteiger partial charge in [0.25, 0.3) is 0 Å². The van der Waals surface area contributed by atoms with E-state index in [1.807, 2.05) is 45.0 Å². The lowest BCUT2D eigenvalue weighted by Gasteiger charge is -2.34. The van der Waals surface area contributed by atoms with E-state index in [4.69, 9.17) is 9.47 Å². The summed E-state index contributed by atoms with van der Waals surface area (Å²) in [5, 5.41) is 6.50. The molecule has 0 unspecified atom stereocenters. The van der Waals surface area contributed by atoms with Crippen LogP contribution in [-0.2, 0) is 19.3 Å². The summed E-state index contributed by atoms with van der Waals surface area (Å²) in [6, 6.07) is 8.03. The van der Waals surface area contributed by atoms with Crippen LogP contribution >= 0.6 is 0 Å². The van der Waals surface area contributed by atoms with E-state index in [9.17, 15) is 13.2 Å². The molecule has 8 nitrogen and oxygen atoms in total. The molecule has 0 saturated carbocycles. The summed E-state index contributed by atoms with van der Waals surface area (Å²) in [4.78, 5) is 13.9. The van der Waals surface area contributed by atoms with E-state index in [2.05, 4.69) is 10.6 Å². The molecule has 1 aromatic carbocycles. The lowest BCUT2D eigenvalue weighted by Crippen LogP contribution is -2.44. The van der Waals surface area contributed by atoms with E-state index in [1.165, 1.54) is 0 Å². The smallest absolute Gasteiger partial charge is 0.410 e. The number of amides is 1. The first-order valence-corrected chi connectivity index (χ1v) is 11.4. The molecule has 1 amide bonds. The van der Waals surface area contributed by atoms with Gasteiger partial charge in [-0.25, -0.2) is 13.2 Å². The highest BCUT2D eigenvalue weighted by atomic mass is 32.2. The fourth-order valence-corrected chi connectivity index (χ4v) is 3.17. The van der Waals surface area contributed by atoms with E-state index in [0.29, 0.717) is 19.1 Å². The average molecular weight is 414 g/mol. The van der Waals surface area contributed by atoms with Crippen LogP contribution in [0.3, 0.4) is 0 Å². The number of nitrogens with zero attached hydrogens (tertiary/aromatic N) is 1. The normalized spacial score (nSPS) is 15.9. The second kappa shape index (κ2) is 9.47. The molecule has 9 heteroatoms. The zero-order valence-electron chi connectivity index (χ0n) is 17.0. The van der Waals surface area contributed by atoms with E-state index in [-0.39, 0.29) is 18.8 Å². The van der Waals surface area contributed by atoms with Gasteiger partial charge >= 0.3 is 6.09 Å². The first kappa shape index (κ1) is 22.3. The van der Waals surface area contributed by atoms with E-state index in [0.717, 1.165) is 30.5 Å². The molecule has 158 valence electrons. The number of nitrogens with one attached hydrogen (secondary N) is 2. The van der Waals surface area contributed by atoms with Crippen molar-refractivity contribution in [1.29, 1.82) is 0 Å². The molecule has 1 fully saturated rings. The first-order valence-electron chi connectivity index (χ1n) is 9.36. The number of anilines is 2. The molecule has 2 rings (SSSR count). The number of hydrogen-bond donors (Lipinski definition) is 2. The number of likely N-dealkylation sites (tertiary alicyclic amines) is 1. The summed E-state index contributed by atoms with van der Waals surface area (Å²) < 4.78 is 32.5. The molecule has 0 aliphatic carbocycles. The van der Waals surface area contributed by atoms with Crippen molar-refractivity contribution in [2.24, 2.45) is 0 Å². The first-order chi connectivity index (χ1) is 13.0. The Kier molecular flexibility index (Phi) is 7.54. The second-order valence-corrected chi connectivity index (χ2v) is 10.1. The molecule has 28 heavy (non-hydrogen) atoms. The third-order valence-electron chi connectivity index (χ3n) is 4.08. The minimum absolute atomic E-state index is 0.128. The number of ether oxygens (including phenoxy) is 2. The Hall–Kier alpha value is -2.00. The standard InChI is InChI=1S/C19H31N3O5S/c1-19(2,3)27-18(23)22-11-9-17(10-12-22)21-16-7-5-15(6-8-16)20-13-26-14-28(4,24)25/h5-8,17,20-21H,9-14H2,1-4H3. The Balaban J connectivity index is 1.72. The summed E-state index contributed by atoms with van der Waals surface area (Å²) in [5.74, 6) is -0.304. The number of benzene rings is 1. The number of carbonyl (C=O) groups is 1. The molecule has 0 radical (unpaired) electrons. The van der Waals surface area contributed by atoms with Gasteiger partial charge in [-0.2, -0.15) is 0 Å². The van der Waals surface area contributed by atoms with Crippen LogP contribution in [0.1, 0.15) is 33.6 Å². The van der Waals surface area contributed by atoms with Crippen molar-refractivity contribution in [3.8, 4) is 0 Å². The fourth-order valence-electron chi connectivity index (χ4n) is 2.78. The van der Waals surface area contributed by atoms with Crippen LogP contribution in [-0.4, -0.2) is 63.1 Å². The van der Waals surface area contributed by atoms with E-state index in [1.54, 1.807) is 4.90 Å². The third kappa shape index (κ3) is 8.35. The molecule has 0 aromatic heterocycles. The molecule has 0 bridgehead atoms. The second-order valence-electron chi connectivity index (χ2n) is 8.03. The Morgan fingerprint density at radius 1 is 1.14 bits per heavy atom. The highest BCUT2D eigenvalue weighted by Gasteiger charge is 2.26. The van der Waals surface area contributed by atoms with Crippen LogP contribution in [0.4, 0.5) is 16.2 Å². The van der Waals surface area contributed by atoms with Crippen LogP contribution in [0, 0.1) is 0 Å². The Bertz CT molecular complexity index is 736. The van der Waals surface area contributed by atoms with Crippen LogP contribution < -0.4 is 10.6 Å². The van der Waals surface area contributed by atoms with E-state index < -0.39 is 15.4 Å². The predicted octanol–water partition coefficient (Wildman–Crippen LogP) is 2.89. The Morgan fingerprint density at radius 3 is 2.25 bits per heavy atom. The number of piperidine rings is 1. The molecule has 1 aromatic rings. The van der Waals surface area contributed by atoms with Crippen molar-refractivity contribution in [3.63, 3.8) is 0 Å². The van der Waals surface area contributed by atoms with E-state index >= 15 is 0 Å². The maximum atomic E-state index is 12.1. The van der Waals surface area contributed by atoms with Gasteiger partial charge in [0.15, 0.2) is 9.84 Å². The van der Waals surface area contributed by atoms with Gasteiger partial charge in [-0.15, -0.1) is 0 Å². The Morgan fingerprint density at radius 2 is 1.71 bits per heavy atom. The molecule has 1 heterocycles. The van der Waals surface area contributed by atoms with Gasteiger partial charge in [0.1, 0.15) is 18.3 Å². The summed E-state index contributed by atoms with van der Waals surface area (Å²) in [6.45, 7) is 7.08. The highest BCUT2D eigenvalue weighted by Crippen LogP contribution is 2.20. The molecular weight excluding hydrogens is 382 g/mol. The van der Waals surface area contributed by atoms with Crippen molar-refractivity contribution in [2.45, 2.75) is 45.3 Å². The van der Waals surface area contributed by atoms with Gasteiger partial charge in [0.2, 0.25) is 0 Å². The minimum atomic E-state index is -3.12. The quantitative estimate of drug-likeness (QED) is 0.524. The predicted molar refractivity (Wildman–Crippen MR) is 110 cm³/mol. The van der Waals surface area contributed by atoms with Gasteiger partial charge in [-0.1, -0.05) is 0 Å². The van der Waals surface area contributed by atoms with Crippen LogP contribution in [0.25, 0.3) is 0 Å². The van der Waals surface area contributed by atoms with Gasteiger partial charge in [-0.05, 0) is 57.9 Å². The molecular formula is C19H31N3O5S. The fraction of sp³-hybridized carbons (Fsp3) is 0.632. The van der Waals surface area contributed by atoms with Crippen molar-refractivity contribution in [1.82, 2.24) is 4.90 Å². The zero-order chi connectivity index (χ0) is 20.8. The van der Waals surface area contributed by atoms with Gasteiger partial charge in [0, 0.05) is 36.8 Å². The summed E-state index contributed by atoms with van der Waals surface area (Å²) in [5.41, 5.74) is 1.37. The Labute approximate surface area is 167 Å². The topological polar surface area (TPSA) is 97.0 Å². The summed E-state index contributed by atoms with van der Waals surface area (Å²) in [6.07, 6.45) is 2.60.